The van der Waals surface area contributed by atoms with Gasteiger partial charge >= 0.3 is 0 Å². The number of carbonyl (C=O) groups excluding carboxylic acids is 1. The Labute approximate surface area is 196 Å². The third kappa shape index (κ3) is 5.59. The molecular formula is C24H26IN5O. The first-order chi connectivity index (χ1) is 15.1. The maximum absolute atomic E-state index is 12.9. The minimum atomic E-state index is -0.165. The predicted octanol–water partition coefficient (Wildman–Crippen LogP) is 4.82. The van der Waals surface area contributed by atoms with Gasteiger partial charge in [-0.25, -0.2) is 4.98 Å². The van der Waals surface area contributed by atoms with Crippen LogP contribution in [0, 0.1) is 10.5 Å². The van der Waals surface area contributed by atoms with Gasteiger partial charge in [-0.05, 0) is 97.9 Å². The molecule has 3 heterocycles. The van der Waals surface area contributed by atoms with Gasteiger partial charge in [0.05, 0.1) is 17.0 Å². The number of anilines is 2. The fraction of sp³-hybridized carbons (Fsp3) is 0.292. The molecule has 1 aliphatic heterocycles. The van der Waals surface area contributed by atoms with Crippen LogP contribution in [0.1, 0.15) is 28.9 Å². The molecule has 1 aromatic carbocycles. The summed E-state index contributed by atoms with van der Waals surface area (Å²) in [5.41, 5.74) is 3.89. The number of aryl methyl sites for hydroxylation is 1. The van der Waals surface area contributed by atoms with Gasteiger partial charge in [0.15, 0.2) is 0 Å². The van der Waals surface area contributed by atoms with Crippen LogP contribution >= 0.6 is 22.6 Å². The summed E-state index contributed by atoms with van der Waals surface area (Å²) in [5, 5.41) is 6.37. The van der Waals surface area contributed by atoms with Crippen molar-refractivity contribution in [1.82, 2.24) is 14.9 Å². The van der Waals surface area contributed by atoms with E-state index in [0.29, 0.717) is 11.3 Å². The van der Waals surface area contributed by atoms with Crippen molar-refractivity contribution >= 4 is 40.0 Å². The molecule has 1 saturated heterocycles. The summed E-state index contributed by atoms with van der Waals surface area (Å²) in [6.07, 6.45) is 4.36. The normalized spacial score (nSPS) is 13.9. The van der Waals surface area contributed by atoms with E-state index in [4.69, 9.17) is 0 Å². The van der Waals surface area contributed by atoms with Gasteiger partial charge in [-0.2, -0.15) is 0 Å². The molecule has 0 atom stereocenters. The number of aromatic nitrogens is 2. The molecule has 0 aliphatic carbocycles. The highest BCUT2D eigenvalue weighted by Gasteiger charge is 2.14. The lowest BCUT2D eigenvalue weighted by molar-refractivity contribution is 0.102. The zero-order valence-corrected chi connectivity index (χ0v) is 19.7. The Morgan fingerprint density at radius 3 is 2.71 bits per heavy atom. The van der Waals surface area contributed by atoms with Crippen molar-refractivity contribution in [2.45, 2.75) is 19.8 Å². The fourth-order valence-corrected chi connectivity index (χ4v) is 4.38. The van der Waals surface area contributed by atoms with Crippen LogP contribution in [0.4, 0.5) is 11.5 Å². The number of benzene rings is 1. The molecule has 0 saturated carbocycles. The third-order valence-electron chi connectivity index (χ3n) is 5.43. The summed E-state index contributed by atoms with van der Waals surface area (Å²) < 4.78 is 1.08. The van der Waals surface area contributed by atoms with Crippen LogP contribution in [0.3, 0.4) is 0 Å². The van der Waals surface area contributed by atoms with Crippen LogP contribution in [-0.2, 0) is 0 Å². The van der Waals surface area contributed by atoms with Crippen LogP contribution in [0.5, 0.6) is 0 Å². The van der Waals surface area contributed by atoms with E-state index < -0.39 is 0 Å². The fourth-order valence-electron chi connectivity index (χ4n) is 3.77. The number of amides is 1. The van der Waals surface area contributed by atoms with Crippen molar-refractivity contribution in [3.05, 3.63) is 69.6 Å². The molecule has 0 spiro atoms. The highest BCUT2D eigenvalue weighted by atomic mass is 127. The molecule has 1 amide bonds. The molecule has 31 heavy (non-hydrogen) atoms. The highest BCUT2D eigenvalue weighted by Crippen LogP contribution is 2.27. The maximum atomic E-state index is 12.9. The number of nitrogens with one attached hydrogen (secondary N) is 2. The van der Waals surface area contributed by atoms with Crippen molar-refractivity contribution in [3.8, 4) is 11.3 Å². The van der Waals surface area contributed by atoms with Gasteiger partial charge in [0, 0.05) is 34.1 Å². The number of pyridine rings is 2. The average Bonchev–Trinajstić information content (AvgIpc) is 3.29. The van der Waals surface area contributed by atoms with E-state index in [1.165, 1.54) is 25.9 Å². The topological polar surface area (TPSA) is 70.2 Å². The molecule has 3 aromatic rings. The number of hydrogen-bond acceptors (Lipinski definition) is 5. The number of hydrogen-bond donors (Lipinski definition) is 2. The quantitative estimate of drug-likeness (QED) is 0.432. The average molecular weight is 527 g/mol. The van der Waals surface area contributed by atoms with Crippen molar-refractivity contribution in [2.24, 2.45) is 0 Å². The van der Waals surface area contributed by atoms with Gasteiger partial charge in [0.2, 0.25) is 0 Å². The van der Waals surface area contributed by atoms with E-state index >= 15 is 0 Å². The smallest absolute Gasteiger partial charge is 0.257 e. The largest absolute Gasteiger partial charge is 0.369 e. The van der Waals surface area contributed by atoms with Crippen LogP contribution in [-0.4, -0.2) is 47.0 Å². The number of carbonyl (C=O) groups is 1. The van der Waals surface area contributed by atoms with Crippen molar-refractivity contribution < 1.29 is 4.79 Å². The molecule has 2 aromatic heterocycles. The van der Waals surface area contributed by atoms with Gasteiger partial charge < -0.3 is 15.5 Å². The summed E-state index contributed by atoms with van der Waals surface area (Å²) in [6.45, 7) is 6.13. The monoisotopic (exact) mass is 527 g/mol. The lowest BCUT2D eigenvalue weighted by Gasteiger charge is -2.15. The first kappa shape index (κ1) is 21.7. The molecule has 4 rings (SSSR count). The first-order valence-electron chi connectivity index (χ1n) is 10.6. The molecule has 0 radical (unpaired) electrons. The Bertz CT molecular complexity index is 1050. The van der Waals surface area contributed by atoms with Crippen molar-refractivity contribution in [1.29, 1.82) is 0 Å². The highest BCUT2D eigenvalue weighted by molar-refractivity contribution is 14.1. The molecule has 6 nitrogen and oxygen atoms in total. The van der Waals surface area contributed by atoms with Gasteiger partial charge in [-0.3, -0.25) is 9.78 Å². The van der Waals surface area contributed by atoms with Gasteiger partial charge in [0.25, 0.3) is 5.91 Å². The molecule has 2 N–H and O–H groups in total. The number of likely N-dealkylation sites (tertiary alicyclic amines) is 1. The van der Waals surface area contributed by atoms with Gasteiger partial charge in [-0.15, -0.1) is 0 Å². The zero-order valence-electron chi connectivity index (χ0n) is 17.6. The Hall–Kier alpha value is -2.52. The minimum absolute atomic E-state index is 0.165. The lowest BCUT2D eigenvalue weighted by atomic mass is 10.1. The second-order valence-corrected chi connectivity index (χ2v) is 8.83. The standard InChI is InChI=1S/C24H26IN5O/c1-17-19(8-10-23(28-17)27-12-15-30-13-4-5-14-30)24(31)29-18-7-9-21(25)20(16-18)22-6-2-3-11-26-22/h2-3,6-11,16H,4-5,12-15H2,1H3,(H,27,28)(H,29,31). The van der Waals surface area contributed by atoms with E-state index in [0.717, 1.165) is 39.4 Å². The Morgan fingerprint density at radius 1 is 1.13 bits per heavy atom. The SMILES string of the molecule is Cc1nc(NCCN2CCCC2)ccc1C(=O)Nc1ccc(I)c(-c2ccccn2)c1. The molecule has 0 bridgehead atoms. The van der Waals surface area contributed by atoms with Crippen LogP contribution in [0.2, 0.25) is 0 Å². The third-order valence-corrected chi connectivity index (χ3v) is 6.37. The minimum Gasteiger partial charge on any atom is -0.369 e. The summed E-state index contributed by atoms with van der Waals surface area (Å²) in [4.78, 5) is 24.3. The summed E-state index contributed by atoms with van der Waals surface area (Å²) in [6, 6.07) is 15.4. The van der Waals surface area contributed by atoms with Gasteiger partial charge in [0.1, 0.15) is 5.82 Å². The number of nitrogens with zero attached hydrogens (tertiary/aromatic N) is 3. The number of halogens is 1. The summed E-state index contributed by atoms with van der Waals surface area (Å²) in [7, 11) is 0. The molecular weight excluding hydrogens is 501 g/mol. The van der Waals surface area contributed by atoms with E-state index in [1.54, 1.807) is 6.20 Å². The van der Waals surface area contributed by atoms with Crippen molar-refractivity contribution in [2.75, 3.05) is 36.8 Å². The number of rotatable bonds is 7. The van der Waals surface area contributed by atoms with Crippen LogP contribution in [0.15, 0.2) is 54.7 Å². The van der Waals surface area contributed by atoms with E-state index in [2.05, 4.69) is 48.1 Å². The maximum Gasteiger partial charge on any atom is 0.257 e. The first-order valence-corrected chi connectivity index (χ1v) is 11.6. The molecule has 1 fully saturated rings. The molecule has 1 aliphatic rings. The second kappa shape index (κ2) is 10.2. The van der Waals surface area contributed by atoms with E-state index in [9.17, 15) is 4.79 Å². The lowest BCUT2D eigenvalue weighted by Crippen LogP contribution is -2.26. The Morgan fingerprint density at radius 2 is 1.97 bits per heavy atom. The second-order valence-electron chi connectivity index (χ2n) is 7.67. The van der Waals surface area contributed by atoms with Crippen LogP contribution < -0.4 is 10.6 Å². The molecule has 7 heteroatoms. The zero-order chi connectivity index (χ0) is 21.6. The predicted molar refractivity (Wildman–Crippen MR) is 133 cm³/mol. The van der Waals surface area contributed by atoms with Gasteiger partial charge in [-0.1, -0.05) is 6.07 Å². The van der Waals surface area contributed by atoms with Crippen LogP contribution in [0.25, 0.3) is 11.3 Å². The summed E-state index contributed by atoms with van der Waals surface area (Å²) >= 11 is 2.29. The Balaban J connectivity index is 1.41. The molecule has 0 unspecified atom stereocenters. The Kier molecular flexibility index (Phi) is 7.14. The molecule has 160 valence electrons. The summed E-state index contributed by atoms with van der Waals surface area (Å²) in [5.74, 6) is 0.641. The van der Waals surface area contributed by atoms with E-state index in [1.807, 2.05) is 55.5 Å². The van der Waals surface area contributed by atoms with E-state index in [-0.39, 0.29) is 5.91 Å². The van der Waals surface area contributed by atoms with Crippen molar-refractivity contribution in [3.63, 3.8) is 0 Å².